The Morgan fingerprint density at radius 3 is 2.50 bits per heavy atom. The quantitative estimate of drug-likeness (QED) is 0.696. The average molecular weight is 443 g/mol. The van der Waals surface area contributed by atoms with Crippen LogP contribution in [0.1, 0.15) is 52.4 Å². The Labute approximate surface area is 191 Å². The van der Waals surface area contributed by atoms with Crippen LogP contribution in [0.5, 0.6) is 0 Å². The molecule has 5 rings (SSSR count). The largest absolute Gasteiger partial charge is 0.388 e. The van der Waals surface area contributed by atoms with Gasteiger partial charge in [0.05, 0.1) is 12.1 Å². The van der Waals surface area contributed by atoms with Gasteiger partial charge >= 0.3 is 0 Å². The highest BCUT2D eigenvalue weighted by Crippen LogP contribution is 2.68. The van der Waals surface area contributed by atoms with Crippen molar-refractivity contribution in [2.75, 3.05) is 39.8 Å². The van der Waals surface area contributed by atoms with Crippen LogP contribution in [0.25, 0.3) is 0 Å². The van der Waals surface area contributed by atoms with Crippen molar-refractivity contribution in [1.29, 1.82) is 0 Å². The van der Waals surface area contributed by atoms with Gasteiger partial charge in [0.15, 0.2) is 11.6 Å². The van der Waals surface area contributed by atoms with Crippen LogP contribution in [0.3, 0.4) is 0 Å². The molecule has 5 aliphatic rings. The van der Waals surface area contributed by atoms with Crippen LogP contribution in [-0.4, -0.2) is 82.6 Å². The Hall–Kier alpha value is -1.34. The Kier molecular flexibility index (Phi) is 5.14. The molecule has 3 saturated carbocycles. The molecule has 176 valence electrons. The Balaban J connectivity index is 1.40. The molecular formula is C26H38N2O4. The minimum atomic E-state index is -1.32. The molecule has 1 unspecified atom stereocenters. The molecule has 0 aromatic rings. The summed E-state index contributed by atoms with van der Waals surface area (Å²) in [5.74, 6) is 0.0898. The van der Waals surface area contributed by atoms with Gasteiger partial charge in [-0.15, -0.1) is 0 Å². The van der Waals surface area contributed by atoms with Crippen molar-refractivity contribution in [1.82, 2.24) is 9.80 Å². The molecule has 0 aromatic carbocycles. The Morgan fingerprint density at radius 1 is 1.06 bits per heavy atom. The predicted molar refractivity (Wildman–Crippen MR) is 122 cm³/mol. The van der Waals surface area contributed by atoms with E-state index in [0.717, 1.165) is 51.0 Å². The molecule has 6 nitrogen and oxygen atoms in total. The van der Waals surface area contributed by atoms with Gasteiger partial charge in [0.2, 0.25) is 0 Å². The van der Waals surface area contributed by atoms with Crippen LogP contribution in [0.2, 0.25) is 0 Å². The predicted octanol–water partition coefficient (Wildman–Crippen LogP) is 1.96. The van der Waals surface area contributed by atoms with Gasteiger partial charge in [0.25, 0.3) is 0 Å². The fraction of sp³-hybridized carbons (Fsp3) is 0.769. The lowest BCUT2D eigenvalue weighted by Gasteiger charge is -2.62. The third-order valence-electron chi connectivity index (χ3n) is 10.3. The number of likely N-dealkylation sites (N-methyl/N-ethyl adjacent to an activating group) is 1. The number of Topliss-reactive ketones (excluding diaryl/α,β-unsaturated/α-hetero) is 1. The van der Waals surface area contributed by atoms with E-state index < -0.39 is 22.0 Å². The van der Waals surface area contributed by atoms with Crippen molar-refractivity contribution in [3.05, 3.63) is 23.8 Å². The number of rotatable bonds is 3. The lowest BCUT2D eigenvalue weighted by molar-refractivity contribution is -0.199. The van der Waals surface area contributed by atoms with Crippen molar-refractivity contribution in [3.8, 4) is 0 Å². The van der Waals surface area contributed by atoms with E-state index >= 15 is 0 Å². The molecule has 0 bridgehead atoms. The second kappa shape index (κ2) is 7.33. The van der Waals surface area contributed by atoms with Crippen molar-refractivity contribution in [2.24, 2.45) is 22.7 Å². The van der Waals surface area contributed by atoms with E-state index in [4.69, 9.17) is 0 Å². The van der Waals surface area contributed by atoms with Gasteiger partial charge in [-0.3, -0.25) is 14.5 Å². The Bertz CT molecular complexity index is 890. The molecule has 2 N–H and O–H groups in total. The molecule has 1 aliphatic heterocycles. The summed E-state index contributed by atoms with van der Waals surface area (Å²) in [6.45, 7) is 8.10. The smallest absolute Gasteiger partial charge is 0.178 e. The number of ketones is 2. The number of aliphatic hydroxyl groups is 2. The molecule has 0 aromatic heterocycles. The van der Waals surface area contributed by atoms with Gasteiger partial charge in [0.1, 0.15) is 5.60 Å². The fourth-order valence-corrected chi connectivity index (χ4v) is 7.95. The fourth-order valence-electron chi connectivity index (χ4n) is 7.95. The van der Waals surface area contributed by atoms with E-state index in [0.29, 0.717) is 25.8 Å². The summed E-state index contributed by atoms with van der Waals surface area (Å²) in [5.41, 5.74) is -2.29. The summed E-state index contributed by atoms with van der Waals surface area (Å²) in [6, 6.07) is 0. The molecular weight excluding hydrogens is 404 g/mol. The minimum Gasteiger partial charge on any atom is -0.388 e. The highest BCUT2D eigenvalue weighted by molar-refractivity contribution is 6.01. The molecule has 0 amide bonds. The van der Waals surface area contributed by atoms with Gasteiger partial charge in [-0.05, 0) is 76.5 Å². The summed E-state index contributed by atoms with van der Waals surface area (Å²) in [4.78, 5) is 29.9. The van der Waals surface area contributed by atoms with E-state index in [2.05, 4.69) is 30.7 Å². The zero-order valence-electron chi connectivity index (χ0n) is 19.8. The number of piperazine rings is 1. The summed E-state index contributed by atoms with van der Waals surface area (Å²) < 4.78 is 0. The summed E-state index contributed by atoms with van der Waals surface area (Å²) in [5, 5.41) is 24.0. The van der Waals surface area contributed by atoms with E-state index in [-0.39, 0.29) is 23.4 Å². The van der Waals surface area contributed by atoms with E-state index in [1.807, 2.05) is 6.08 Å². The average Bonchev–Trinajstić information content (AvgIpc) is 3.03. The normalized spacial score (nSPS) is 46.9. The number of hydrogen-bond donors (Lipinski definition) is 2. The summed E-state index contributed by atoms with van der Waals surface area (Å²) in [6.07, 6.45) is 9.25. The summed E-state index contributed by atoms with van der Waals surface area (Å²) >= 11 is 0. The standard InChI is InChI=1S/C26H38N2O4/c1-23-8-6-19(29)16-18(23)4-5-21-20-7-9-26(32,24(20,2)10-11-25(21,23)31)22(30)17-28-14-12-27(3)13-15-28/h6,8,16,20-21,31-32H,4-5,7,9-15,17H2,1-3H3/t20-,21-,23-,24-,25?,26-/m0/s1. The van der Waals surface area contributed by atoms with Crippen molar-refractivity contribution in [2.45, 2.75) is 63.6 Å². The first kappa shape index (κ1) is 22.5. The third-order valence-corrected chi connectivity index (χ3v) is 10.3. The maximum absolute atomic E-state index is 13.5. The number of carbonyl (C=O) groups excluding carboxylic acids is 2. The summed E-state index contributed by atoms with van der Waals surface area (Å²) in [7, 11) is 2.10. The van der Waals surface area contributed by atoms with Gasteiger partial charge < -0.3 is 15.1 Å². The zero-order chi connectivity index (χ0) is 22.9. The second-order valence-corrected chi connectivity index (χ2v) is 11.6. The van der Waals surface area contributed by atoms with Crippen molar-refractivity contribution < 1.29 is 19.8 Å². The minimum absolute atomic E-state index is 0.00455. The van der Waals surface area contributed by atoms with Crippen LogP contribution in [0, 0.1) is 22.7 Å². The molecule has 1 saturated heterocycles. The van der Waals surface area contributed by atoms with Crippen LogP contribution in [0.15, 0.2) is 23.8 Å². The van der Waals surface area contributed by atoms with Crippen LogP contribution in [-0.2, 0) is 9.59 Å². The molecule has 4 fully saturated rings. The Morgan fingerprint density at radius 2 is 1.78 bits per heavy atom. The number of allylic oxidation sites excluding steroid dienone is 2. The number of nitrogens with zero attached hydrogens (tertiary/aromatic N) is 2. The van der Waals surface area contributed by atoms with Crippen LogP contribution >= 0.6 is 0 Å². The van der Waals surface area contributed by atoms with Gasteiger partial charge in [-0.2, -0.15) is 0 Å². The molecule has 6 atom stereocenters. The molecule has 0 radical (unpaired) electrons. The lowest BCUT2D eigenvalue weighted by atomic mass is 9.45. The maximum atomic E-state index is 13.5. The monoisotopic (exact) mass is 442 g/mol. The molecule has 4 aliphatic carbocycles. The number of fused-ring (bicyclic) bond motifs is 5. The third kappa shape index (κ3) is 2.92. The van der Waals surface area contributed by atoms with Gasteiger partial charge in [-0.25, -0.2) is 0 Å². The molecule has 32 heavy (non-hydrogen) atoms. The molecule has 1 heterocycles. The number of carbonyl (C=O) groups is 2. The highest BCUT2D eigenvalue weighted by atomic mass is 16.3. The molecule has 0 spiro atoms. The number of hydrogen-bond acceptors (Lipinski definition) is 6. The van der Waals surface area contributed by atoms with E-state index in [1.165, 1.54) is 0 Å². The highest BCUT2D eigenvalue weighted by Gasteiger charge is 2.70. The lowest BCUT2D eigenvalue weighted by Crippen LogP contribution is -2.65. The first-order valence-electron chi connectivity index (χ1n) is 12.4. The molecule has 6 heteroatoms. The van der Waals surface area contributed by atoms with E-state index in [1.54, 1.807) is 12.2 Å². The first-order valence-corrected chi connectivity index (χ1v) is 12.4. The maximum Gasteiger partial charge on any atom is 0.178 e. The van der Waals surface area contributed by atoms with Crippen molar-refractivity contribution in [3.63, 3.8) is 0 Å². The van der Waals surface area contributed by atoms with Crippen LogP contribution in [0.4, 0.5) is 0 Å². The first-order chi connectivity index (χ1) is 15.0. The zero-order valence-corrected chi connectivity index (χ0v) is 19.8. The van der Waals surface area contributed by atoms with Crippen molar-refractivity contribution >= 4 is 11.6 Å². The van der Waals surface area contributed by atoms with Crippen LogP contribution < -0.4 is 0 Å². The van der Waals surface area contributed by atoms with Gasteiger partial charge in [0, 0.05) is 37.0 Å². The topological polar surface area (TPSA) is 81.1 Å². The van der Waals surface area contributed by atoms with Gasteiger partial charge in [-0.1, -0.05) is 18.6 Å². The van der Waals surface area contributed by atoms with E-state index in [9.17, 15) is 19.8 Å². The SMILES string of the molecule is CN1CCN(CC(=O)[C@@]2(O)CC[C@H]3[C@@H]4CCC5=CC(=O)C=C[C@]5(C)C4(O)CC[C@@]32C)CC1. The second-order valence-electron chi connectivity index (χ2n) is 11.6.